The summed E-state index contributed by atoms with van der Waals surface area (Å²) in [7, 11) is 0. The Balaban J connectivity index is 2.44. The lowest BCUT2D eigenvalue weighted by molar-refractivity contribution is 0.0983. The molecule has 0 amide bonds. The van der Waals surface area contributed by atoms with Crippen LogP contribution in [0.4, 0.5) is 4.39 Å². The zero-order valence-corrected chi connectivity index (χ0v) is 9.78. The molecule has 0 aliphatic rings. The highest BCUT2D eigenvalue weighted by Crippen LogP contribution is 2.20. The number of benzene rings is 1. The molecule has 6 heteroatoms. The number of aromatic nitrogens is 3. The maximum absolute atomic E-state index is 13.7. The molecule has 0 aliphatic carbocycles. The Bertz CT molecular complexity index is 568. The van der Waals surface area contributed by atoms with Crippen molar-refractivity contribution in [2.75, 3.05) is 0 Å². The number of carbonyl (C=O) groups excluding carboxylic acids is 1. The van der Waals surface area contributed by atoms with Gasteiger partial charge in [-0.3, -0.25) is 4.79 Å². The van der Waals surface area contributed by atoms with Crippen LogP contribution in [-0.2, 0) is 0 Å². The third-order valence-electron chi connectivity index (χ3n) is 2.28. The first-order chi connectivity index (χ1) is 8.13. The lowest BCUT2D eigenvalue weighted by Gasteiger charge is -2.02. The van der Waals surface area contributed by atoms with Gasteiger partial charge in [-0.1, -0.05) is 29.8 Å². The highest BCUT2D eigenvalue weighted by atomic mass is 35.5. The van der Waals surface area contributed by atoms with Gasteiger partial charge in [-0.05, 0) is 12.1 Å². The van der Waals surface area contributed by atoms with Gasteiger partial charge in [-0.25, -0.2) is 9.07 Å². The molecule has 0 aliphatic heterocycles. The average Bonchev–Trinajstić information content (AvgIpc) is 2.81. The van der Waals surface area contributed by atoms with Gasteiger partial charge < -0.3 is 0 Å². The van der Waals surface area contributed by atoms with E-state index in [0.717, 1.165) is 0 Å². The van der Waals surface area contributed by atoms with Gasteiger partial charge in [0.15, 0.2) is 11.6 Å². The molecule has 0 fully saturated rings. The molecule has 0 atom stereocenters. The van der Waals surface area contributed by atoms with Crippen molar-refractivity contribution in [2.45, 2.75) is 13.3 Å². The first-order valence-corrected chi connectivity index (χ1v) is 5.41. The van der Waals surface area contributed by atoms with E-state index < -0.39 is 5.82 Å². The lowest BCUT2D eigenvalue weighted by atomic mass is 10.2. The number of carbonyl (C=O) groups is 1. The number of Topliss-reactive ketones (excluding diaryl/α,β-unsaturated/α-hetero) is 1. The predicted molar refractivity (Wildman–Crippen MR) is 60.9 cm³/mol. The normalized spacial score (nSPS) is 10.5. The van der Waals surface area contributed by atoms with Crippen LogP contribution in [0.2, 0.25) is 5.02 Å². The SMILES string of the molecule is CCC(=O)c1cn(-c2cccc(Cl)c2F)nn1. The number of hydrogen-bond acceptors (Lipinski definition) is 3. The molecule has 0 saturated heterocycles. The number of hydrogen-bond donors (Lipinski definition) is 0. The maximum Gasteiger partial charge on any atom is 0.184 e. The molecule has 0 radical (unpaired) electrons. The van der Waals surface area contributed by atoms with Gasteiger partial charge in [0.25, 0.3) is 0 Å². The van der Waals surface area contributed by atoms with E-state index in [1.807, 2.05) is 0 Å². The molecular weight excluding hydrogens is 245 g/mol. The number of ketones is 1. The molecule has 1 heterocycles. The van der Waals surface area contributed by atoms with Crippen LogP contribution in [0, 0.1) is 5.82 Å². The van der Waals surface area contributed by atoms with Crippen molar-refractivity contribution in [1.82, 2.24) is 15.0 Å². The molecule has 88 valence electrons. The fraction of sp³-hybridized carbons (Fsp3) is 0.182. The van der Waals surface area contributed by atoms with Gasteiger partial charge in [0.2, 0.25) is 0 Å². The van der Waals surface area contributed by atoms with Crippen LogP contribution in [0.1, 0.15) is 23.8 Å². The number of halogens is 2. The third kappa shape index (κ3) is 2.19. The van der Waals surface area contributed by atoms with Crippen LogP contribution in [0.3, 0.4) is 0 Å². The lowest BCUT2D eigenvalue weighted by Crippen LogP contribution is -1.99. The molecule has 0 bridgehead atoms. The van der Waals surface area contributed by atoms with Crippen LogP contribution in [0.15, 0.2) is 24.4 Å². The summed E-state index contributed by atoms with van der Waals surface area (Å²) in [6.07, 6.45) is 1.72. The fourth-order valence-electron chi connectivity index (χ4n) is 1.36. The summed E-state index contributed by atoms with van der Waals surface area (Å²) in [6, 6.07) is 4.55. The minimum Gasteiger partial charge on any atom is -0.292 e. The van der Waals surface area contributed by atoms with E-state index in [0.29, 0.717) is 6.42 Å². The summed E-state index contributed by atoms with van der Waals surface area (Å²) in [5, 5.41) is 7.39. The summed E-state index contributed by atoms with van der Waals surface area (Å²) >= 11 is 5.66. The largest absolute Gasteiger partial charge is 0.292 e. The van der Waals surface area contributed by atoms with E-state index in [-0.39, 0.29) is 22.2 Å². The zero-order chi connectivity index (χ0) is 12.4. The third-order valence-corrected chi connectivity index (χ3v) is 2.57. The summed E-state index contributed by atoms with van der Waals surface area (Å²) in [4.78, 5) is 11.4. The van der Waals surface area contributed by atoms with Gasteiger partial charge in [0.1, 0.15) is 11.4 Å². The van der Waals surface area contributed by atoms with Crippen molar-refractivity contribution in [3.8, 4) is 5.69 Å². The van der Waals surface area contributed by atoms with E-state index in [1.165, 1.54) is 23.0 Å². The molecule has 2 aromatic rings. The van der Waals surface area contributed by atoms with Crippen molar-refractivity contribution in [3.05, 3.63) is 40.9 Å². The Morgan fingerprint density at radius 2 is 2.29 bits per heavy atom. The van der Waals surface area contributed by atoms with Crippen molar-refractivity contribution in [1.29, 1.82) is 0 Å². The van der Waals surface area contributed by atoms with Crippen LogP contribution < -0.4 is 0 Å². The molecule has 0 saturated carbocycles. The predicted octanol–water partition coefficient (Wildman–Crippen LogP) is 2.65. The van der Waals surface area contributed by atoms with Crippen LogP contribution in [0.5, 0.6) is 0 Å². The summed E-state index contributed by atoms with van der Waals surface area (Å²) in [5.74, 6) is -0.728. The molecule has 1 aromatic carbocycles. The minimum atomic E-state index is -0.588. The molecule has 1 aromatic heterocycles. The second kappa shape index (κ2) is 4.63. The molecule has 0 spiro atoms. The quantitative estimate of drug-likeness (QED) is 0.790. The van der Waals surface area contributed by atoms with Crippen molar-refractivity contribution in [2.24, 2.45) is 0 Å². The van der Waals surface area contributed by atoms with Crippen molar-refractivity contribution >= 4 is 17.4 Å². The van der Waals surface area contributed by atoms with E-state index in [9.17, 15) is 9.18 Å². The van der Waals surface area contributed by atoms with Gasteiger partial charge in [0, 0.05) is 6.42 Å². The van der Waals surface area contributed by atoms with Crippen LogP contribution >= 0.6 is 11.6 Å². The smallest absolute Gasteiger partial charge is 0.184 e. The minimum absolute atomic E-state index is 0.00127. The fourth-order valence-corrected chi connectivity index (χ4v) is 1.53. The van der Waals surface area contributed by atoms with Crippen LogP contribution in [-0.4, -0.2) is 20.8 Å². The Kier molecular flexibility index (Phi) is 3.19. The molecule has 4 nitrogen and oxygen atoms in total. The number of rotatable bonds is 3. The molecule has 2 rings (SSSR count). The summed E-state index contributed by atoms with van der Waals surface area (Å²) in [5.41, 5.74) is 0.382. The Hall–Kier alpha value is -1.75. The molecule has 0 unspecified atom stereocenters. The van der Waals surface area contributed by atoms with E-state index in [1.54, 1.807) is 13.0 Å². The maximum atomic E-state index is 13.7. The zero-order valence-electron chi connectivity index (χ0n) is 9.02. The van der Waals surface area contributed by atoms with Gasteiger partial charge in [-0.2, -0.15) is 0 Å². The first-order valence-electron chi connectivity index (χ1n) is 5.03. The Morgan fingerprint density at radius 3 is 3.00 bits per heavy atom. The molecule has 0 N–H and O–H groups in total. The number of nitrogens with zero attached hydrogens (tertiary/aromatic N) is 3. The monoisotopic (exact) mass is 253 g/mol. The highest BCUT2D eigenvalue weighted by Gasteiger charge is 2.13. The van der Waals surface area contributed by atoms with E-state index in [2.05, 4.69) is 10.3 Å². The first kappa shape index (κ1) is 11.7. The molecule has 17 heavy (non-hydrogen) atoms. The van der Waals surface area contributed by atoms with Crippen molar-refractivity contribution in [3.63, 3.8) is 0 Å². The average molecular weight is 254 g/mol. The van der Waals surface area contributed by atoms with Crippen LogP contribution in [0.25, 0.3) is 5.69 Å². The topological polar surface area (TPSA) is 47.8 Å². The second-order valence-corrected chi connectivity index (χ2v) is 3.81. The van der Waals surface area contributed by atoms with Gasteiger partial charge in [-0.15, -0.1) is 5.10 Å². The molecular formula is C11H9ClFN3O. The van der Waals surface area contributed by atoms with E-state index in [4.69, 9.17) is 11.6 Å². The Morgan fingerprint density at radius 1 is 1.53 bits per heavy atom. The summed E-state index contributed by atoms with van der Waals surface area (Å²) < 4.78 is 14.9. The standard InChI is InChI=1S/C11H9ClFN3O/c1-2-10(17)8-6-16(15-14-8)9-5-3-4-7(12)11(9)13/h3-6H,2H2,1H3. The summed E-state index contributed by atoms with van der Waals surface area (Å²) in [6.45, 7) is 1.72. The van der Waals surface area contributed by atoms with Gasteiger partial charge in [0.05, 0.1) is 11.2 Å². The van der Waals surface area contributed by atoms with Crippen molar-refractivity contribution < 1.29 is 9.18 Å². The Labute approximate surface area is 102 Å². The highest BCUT2D eigenvalue weighted by molar-refractivity contribution is 6.30. The van der Waals surface area contributed by atoms with Gasteiger partial charge >= 0.3 is 0 Å². The van der Waals surface area contributed by atoms with E-state index >= 15 is 0 Å². The second-order valence-electron chi connectivity index (χ2n) is 3.40.